The molecule has 0 saturated heterocycles. The minimum absolute atomic E-state index is 0.0817. The van der Waals surface area contributed by atoms with Gasteiger partial charge in [0.1, 0.15) is 5.75 Å². The van der Waals surface area contributed by atoms with Crippen molar-refractivity contribution >= 4 is 18.0 Å². The summed E-state index contributed by atoms with van der Waals surface area (Å²) in [5.41, 5.74) is 4.63. The number of hydrogen-bond acceptors (Lipinski definition) is 6. The Balaban J connectivity index is 1.45. The molecule has 0 radical (unpaired) electrons. The van der Waals surface area contributed by atoms with Gasteiger partial charge in [0.25, 0.3) is 11.8 Å². The van der Waals surface area contributed by atoms with Crippen LogP contribution < -0.4 is 25.0 Å². The van der Waals surface area contributed by atoms with Crippen LogP contribution in [0.15, 0.2) is 77.9 Å². The Hall–Kier alpha value is -4.33. The third-order valence-corrected chi connectivity index (χ3v) is 4.61. The van der Waals surface area contributed by atoms with Crippen LogP contribution in [0.5, 0.6) is 17.2 Å². The molecule has 0 saturated carbocycles. The van der Waals surface area contributed by atoms with Crippen LogP contribution >= 0.6 is 0 Å². The molecule has 0 aliphatic heterocycles. The quantitative estimate of drug-likeness (QED) is 0.368. The monoisotopic (exact) mass is 447 g/mol. The van der Waals surface area contributed by atoms with Crippen molar-refractivity contribution in [3.63, 3.8) is 0 Å². The summed E-state index contributed by atoms with van der Waals surface area (Å²) in [7, 11) is 3.03. The molecule has 0 spiro atoms. The predicted molar refractivity (Wildman–Crippen MR) is 125 cm³/mol. The third-order valence-electron chi connectivity index (χ3n) is 4.61. The molecule has 0 fully saturated rings. The number of rotatable bonds is 10. The molecule has 0 heterocycles. The molecule has 2 amide bonds. The van der Waals surface area contributed by atoms with Crippen LogP contribution in [-0.2, 0) is 11.3 Å². The highest BCUT2D eigenvalue weighted by atomic mass is 16.5. The number of carbonyl (C=O) groups is 2. The molecule has 0 atom stereocenters. The number of ether oxygens (including phenoxy) is 3. The van der Waals surface area contributed by atoms with Gasteiger partial charge in [-0.25, -0.2) is 5.43 Å². The molecule has 170 valence electrons. The summed E-state index contributed by atoms with van der Waals surface area (Å²) in [5, 5.41) is 6.78. The third kappa shape index (κ3) is 7.10. The summed E-state index contributed by atoms with van der Waals surface area (Å²) in [6.07, 6.45) is 1.51. The first-order valence-electron chi connectivity index (χ1n) is 10.2. The molecule has 0 aliphatic rings. The molecule has 3 aromatic carbocycles. The highest BCUT2D eigenvalue weighted by Gasteiger charge is 2.10. The highest BCUT2D eigenvalue weighted by molar-refractivity contribution is 5.95. The summed E-state index contributed by atoms with van der Waals surface area (Å²) in [6.45, 7) is 0.370. The van der Waals surface area contributed by atoms with E-state index in [1.807, 2.05) is 30.3 Å². The van der Waals surface area contributed by atoms with E-state index in [-0.39, 0.29) is 18.4 Å². The van der Waals surface area contributed by atoms with Crippen LogP contribution in [0, 0.1) is 0 Å². The topological polar surface area (TPSA) is 98.3 Å². The number of amides is 2. The molecule has 3 rings (SSSR count). The lowest BCUT2D eigenvalue weighted by molar-refractivity contribution is -0.123. The summed E-state index contributed by atoms with van der Waals surface area (Å²) in [4.78, 5) is 24.2. The molecule has 0 aromatic heterocycles. The lowest BCUT2D eigenvalue weighted by Gasteiger charge is -2.08. The van der Waals surface area contributed by atoms with Crippen molar-refractivity contribution < 1.29 is 23.8 Å². The van der Waals surface area contributed by atoms with Crippen molar-refractivity contribution in [3.8, 4) is 17.2 Å². The average molecular weight is 447 g/mol. The van der Waals surface area contributed by atoms with Crippen LogP contribution in [-0.4, -0.2) is 38.9 Å². The Morgan fingerprint density at radius 1 is 0.909 bits per heavy atom. The fourth-order valence-electron chi connectivity index (χ4n) is 2.85. The second-order valence-corrected chi connectivity index (χ2v) is 6.89. The van der Waals surface area contributed by atoms with E-state index in [1.54, 1.807) is 42.5 Å². The maximum atomic E-state index is 12.3. The van der Waals surface area contributed by atoms with Gasteiger partial charge in [0.2, 0.25) is 0 Å². The molecule has 8 nitrogen and oxygen atoms in total. The van der Waals surface area contributed by atoms with Crippen LogP contribution in [0.25, 0.3) is 0 Å². The van der Waals surface area contributed by atoms with E-state index in [1.165, 1.54) is 20.4 Å². The van der Waals surface area contributed by atoms with Gasteiger partial charge in [-0.15, -0.1) is 0 Å². The zero-order valence-corrected chi connectivity index (χ0v) is 18.4. The van der Waals surface area contributed by atoms with E-state index >= 15 is 0 Å². The molecular formula is C25H25N3O5. The van der Waals surface area contributed by atoms with Crippen LogP contribution in [0.1, 0.15) is 21.5 Å². The van der Waals surface area contributed by atoms with Gasteiger partial charge in [-0.3, -0.25) is 9.59 Å². The second kappa shape index (κ2) is 11.9. The Bertz CT molecular complexity index is 1100. The molecular weight excluding hydrogens is 422 g/mol. The van der Waals surface area contributed by atoms with E-state index in [0.29, 0.717) is 29.4 Å². The number of methoxy groups -OCH3 is 2. The summed E-state index contributed by atoms with van der Waals surface area (Å²) in [6, 6.07) is 21.5. The lowest BCUT2D eigenvalue weighted by Crippen LogP contribution is -2.28. The zero-order valence-electron chi connectivity index (χ0n) is 18.4. The van der Waals surface area contributed by atoms with Crippen molar-refractivity contribution in [1.29, 1.82) is 0 Å². The largest absolute Gasteiger partial charge is 0.493 e. The first-order valence-corrected chi connectivity index (χ1v) is 10.2. The van der Waals surface area contributed by atoms with Crippen LogP contribution in [0.2, 0.25) is 0 Å². The number of nitrogens with zero attached hydrogens (tertiary/aromatic N) is 1. The van der Waals surface area contributed by atoms with Gasteiger partial charge in [0.15, 0.2) is 18.1 Å². The van der Waals surface area contributed by atoms with Gasteiger partial charge in [0.05, 0.1) is 20.4 Å². The standard InChI is InChI=1S/C25H25N3O5/c1-31-22-13-10-20(14-23(22)32-2)25(30)28-27-16-19-8-11-21(12-9-19)33-17-24(29)26-15-18-6-4-3-5-7-18/h3-14,16H,15,17H2,1-2H3,(H,26,29)(H,28,30)/b27-16+. The van der Waals surface area contributed by atoms with Crippen LogP contribution in [0.3, 0.4) is 0 Å². The Morgan fingerprint density at radius 3 is 2.33 bits per heavy atom. The van der Waals surface area contributed by atoms with Gasteiger partial charge in [-0.05, 0) is 53.6 Å². The molecule has 2 N–H and O–H groups in total. The normalized spacial score (nSPS) is 10.5. The number of benzene rings is 3. The van der Waals surface area contributed by atoms with Gasteiger partial charge in [-0.2, -0.15) is 5.10 Å². The van der Waals surface area contributed by atoms with Gasteiger partial charge >= 0.3 is 0 Å². The van der Waals surface area contributed by atoms with E-state index in [2.05, 4.69) is 15.8 Å². The fourth-order valence-corrected chi connectivity index (χ4v) is 2.85. The minimum Gasteiger partial charge on any atom is -0.493 e. The molecule has 8 heteroatoms. The average Bonchev–Trinajstić information content (AvgIpc) is 2.87. The molecule has 3 aromatic rings. The number of hydrazone groups is 1. The van der Waals surface area contributed by atoms with E-state index in [9.17, 15) is 9.59 Å². The van der Waals surface area contributed by atoms with Crippen molar-refractivity contribution in [2.75, 3.05) is 20.8 Å². The first-order chi connectivity index (χ1) is 16.1. The predicted octanol–water partition coefficient (Wildman–Crippen LogP) is 3.16. The van der Waals surface area contributed by atoms with Gasteiger partial charge in [-0.1, -0.05) is 30.3 Å². The summed E-state index contributed by atoms with van der Waals surface area (Å²) >= 11 is 0. The first kappa shape index (κ1) is 23.3. The zero-order chi connectivity index (χ0) is 23.5. The van der Waals surface area contributed by atoms with E-state index < -0.39 is 0 Å². The van der Waals surface area contributed by atoms with Gasteiger partial charge < -0.3 is 19.5 Å². The maximum absolute atomic E-state index is 12.3. The maximum Gasteiger partial charge on any atom is 0.271 e. The summed E-state index contributed by atoms with van der Waals surface area (Å²) < 4.78 is 15.9. The Labute approximate surface area is 192 Å². The van der Waals surface area contributed by atoms with Crippen LogP contribution in [0.4, 0.5) is 0 Å². The molecule has 33 heavy (non-hydrogen) atoms. The van der Waals surface area contributed by atoms with E-state index in [0.717, 1.165) is 11.1 Å². The molecule has 0 unspecified atom stereocenters. The number of carbonyl (C=O) groups excluding carboxylic acids is 2. The molecule has 0 aliphatic carbocycles. The van der Waals surface area contributed by atoms with Crippen molar-refractivity contribution in [2.45, 2.75) is 6.54 Å². The van der Waals surface area contributed by atoms with E-state index in [4.69, 9.17) is 14.2 Å². The highest BCUT2D eigenvalue weighted by Crippen LogP contribution is 2.27. The Morgan fingerprint density at radius 2 is 1.64 bits per heavy atom. The number of hydrogen-bond donors (Lipinski definition) is 2. The minimum atomic E-state index is -0.381. The smallest absolute Gasteiger partial charge is 0.271 e. The van der Waals surface area contributed by atoms with Crippen molar-refractivity contribution in [2.24, 2.45) is 5.10 Å². The molecule has 0 bridgehead atoms. The summed E-state index contributed by atoms with van der Waals surface area (Å²) in [5.74, 6) is 0.958. The fraction of sp³-hybridized carbons (Fsp3) is 0.160. The second-order valence-electron chi connectivity index (χ2n) is 6.89. The van der Waals surface area contributed by atoms with Crippen molar-refractivity contribution in [3.05, 3.63) is 89.5 Å². The Kier molecular flexibility index (Phi) is 8.41. The van der Waals surface area contributed by atoms with Crippen molar-refractivity contribution in [1.82, 2.24) is 10.7 Å². The van der Waals surface area contributed by atoms with Gasteiger partial charge in [0, 0.05) is 12.1 Å². The SMILES string of the molecule is COc1ccc(C(=O)N/N=C/c2ccc(OCC(=O)NCc3ccccc3)cc2)cc1OC. The number of nitrogens with one attached hydrogen (secondary N) is 2. The lowest BCUT2D eigenvalue weighted by atomic mass is 10.2.